The van der Waals surface area contributed by atoms with E-state index >= 15 is 0 Å². The normalized spacial score (nSPS) is 20.4. The molecule has 3 atom stereocenters. The highest BCUT2D eigenvalue weighted by Gasteiger charge is 2.28. The third kappa shape index (κ3) is 8.99. The second kappa shape index (κ2) is 13.2. The number of benzene rings is 1. The van der Waals surface area contributed by atoms with Crippen LogP contribution in [0.4, 0.5) is 0 Å². The lowest BCUT2D eigenvalue weighted by molar-refractivity contribution is -0.126. The fraction of sp³-hybridized carbons (Fsp3) is 0.619. The molecule has 0 saturated heterocycles. The quantitative estimate of drug-likeness (QED) is 0.280. The molecule has 0 spiro atoms. The molecule has 0 aromatic heterocycles. The number of hydrogen-bond donors (Lipinski definition) is 3. The van der Waals surface area contributed by atoms with Crippen LogP contribution >= 0.6 is 35.6 Å². The van der Waals surface area contributed by atoms with Gasteiger partial charge in [0.1, 0.15) is 11.9 Å². The van der Waals surface area contributed by atoms with Crippen LogP contribution in [0, 0.1) is 5.92 Å². The number of hydrogen-bond acceptors (Lipinski definition) is 3. The van der Waals surface area contributed by atoms with E-state index in [-0.39, 0.29) is 54.0 Å². The first-order valence-electron chi connectivity index (χ1n) is 10.1. The largest absolute Gasteiger partial charge is 0.487 e. The van der Waals surface area contributed by atoms with E-state index < -0.39 is 0 Å². The van der Waals surface area contributed by atoms with Crippen LogP contribution in [0.1, 0.15) is 46.5 Å². The Bertz CT molecular complexity index is 672. The summed E-state index contributed by atoms with van der Waals surface area (Å²) in [6, 6.07) is 7.86. The van der Waals surface area contributed by atoms with Crippen molar-refractivity contribution in [2.75, 3.05) is 13.6 Å². The number of rotatable bonds is 7. The molecule has 8 heteroatoms. The topological polar surface area (TPSA) is 74.8 Å². The lowest BCUT2D eigenvalue weighted by Gasteiger charge is -2.30. The second-order valence-electron chi connectivity index (χ2n) is 7.68. The van der Waals surface area contributed by atoms with E-state index in [1.165, 1.54) is 0 Å². The number of para-hydroxylation sites is 1. The van der Waals surface area contributed by atoms with Crippen molar-refractivity contribution in [1.29, 1.82) is 0 Å². The minimum atomic E-state index is -0.0747. The Morgan fingerprint density at radius 2 is 2.00 bits per heavy atom. The zero-order valence-electron chi connectivity index (χ0n) is 17.7. The number of nitrogens with zero attached hydrogens (tertiary/aromatic N) is 1. The number of amides is 1. The number of carbonyl (C=O) groups is 1. The van der Waals surface area contributed by atoms with Crippen LogP contribution in [0.15, 0.2) is 29.3 Å². The average Bonchev–Trinajstić information content (AvgIpc) is 2.66. The maximum atomic E-state index is 12.3. The number of nitrogens with one attached hydrogen (secondary N) is 3. The fourth-order valence-electron chi connectivity index (χ4n) is 3.39. The number of ether oxygens (including phenoxy) is 1. The van der Waals surface area contributed by atoms with Crippen molar-refractivity contribution in [2.45, 2.75) is 64.6 Å². The average molecular weight is 537 g/mol. The monoisotopic (exact) mass is 536 g/mol. The Labute approximate surface area is 196 Å². The maximum Gasteiger partial charge on any atom is 0.223 e. The summed E-state index contributed by atoms with van der Waals surface area (Å²) in [5.41, 5.74) is 0. The standard InChI is InChI=1S/C21H33ClN4O2.HI/c1-14(2)25-20(27)16-8-7-9-17(12-16)26-21(23-4)24-13-15(3)28-19-11-6-5-10-18(19)22;/h5-6,10-11,14-17H,7-9,12-13H2,1-4H3,(H,25,27)(H2,23,24,26);1H. The van der Waals surface area contributed by atoms with Gasteiger partial charge in [0.25, 0.3) is 0 Å². The molecule has 1 aromatic rings. The Kier molecular flexibility index (Phi) is 11.7. The van der Waals surface area contributed by atoms with Crippen molar-refractivity contribution < 1.29 is 9.53 Å². The van der Waals surface area contributed by atoms with E-state index in [0.29, 0.717) is 17.3 Å². The van der Waals surface area contributed by atoms with Gasteiger partial charge >= 0.3 is 0 Å². The van der Waals surface area contributed by atoms with Gasteiger partial charge < -0.3 is 20.7 Å². The van der Waals surface area contributed by atoms with Gasteiger partial charge in [0.2, 0.25) is 5.91 Å². The van der Waals surface area contributed by atoms with Gasteiger partial charge in [-0.1, -0.05) is 30.2 Å². The smallest absolute Gasteiger partial charge is 0.223 e. The molecule has 1 aliphatic carbocycles. The first-order valence-corrected chi connectivity index (χ1v) is 10.5. The molecule has 0 aliphatic heterocycles. The van der Waals surface area contributed by atoms with Crippen molar-refractivity contribution in [3.63, 3.8) is 0 Å². The molecular formula is C21H34ClIN4O2. The summed E-state index contributed by atoms with van der Waals surface area (Å²) in [4.78, 5) is 16.6. The van der Waals surface area contributed by atoms with Crippen molar-refractivity contribution in [2.24, 2.45) is 10.9 Å². The zero-order chi connectivity index (χ0) is 20.5. The molecule has 29 heavy (non-hydrogen) atoms. The van der Waals surface area contributed by atoms with Crippen LogP contribution in [-0.2, 0) is 4.79 Å². The summed E-state index contributed by atoms with van der Waals surface area (Å²) in [6.07, 6.45) is 3.78. The molecule has 1 fully saturated rings. The summed E-state index contributed by atoms with van der Waals surface area (Å²) >= 11 is 6.14. The van der Waals surface area contributed by atoms with Crippen LogP contribution in [0.5, 0.6) is 5.75 Å². The Morgan fingerprint density at radius 3 is 2.66 bits per heavy atom. The van der Waals surface area contributed by atoms with Crippen molar-refractivity contribution in [3.8, 4) is 5.75 Å². The fourth-order valence-corrected chi connectivity index (χ4v) is 3.57. The van der Waals surface area contributed by atoms with E-state index in [4.69, 9.17) is 16.3 Å². The predicted molar refractivity (Wildman–Crippen MR) is 130 cm³/mol. The van der Waals surface area contributed by atoms with Crippen molar-refractivity contribution >= 4 is 47.4 Å². The Hall–Kier alpha value is -1.22. The van der Waals surface area contributed by atoms with Crippen LogP contribution in [-0.4, -0.2) is 43.6 Å². The first-order chi connectivity index (χ1) is 13.4. The van der Waals surface area contributed by atoms with Crippen molar-refractivity contribution in [3.05, 3.63) is 29.3 Å². The number of carbonyl (C=O) groups excluding carboxylic acids is 1. The van der Waals surface area contributed by atoms with Gasteiger partial charge in [0.05, 0.1) is 11.6 Å². The van der Waals surface area contributed by atoms with Crippen LogP contribution in [0.3, 0.4) is 0 Å². The molecule has 1 aromatic carbocycles. The van der Waals surface area contributed by atoms with Gasteiger partial charge in [-0.3, -0.25) is 9.79 Å². The highest BCUT2D eigenvalue weighted by atomic mass is 127. The summed E-state index contributed by atoms with van der Waals surface area (Å²) in [6.45, 7) is 6.56. The van der Waals surface area contributed by atoms with E-state index in [1.807, 2.05) is 45.0 Å². The summed E-state index contributed by atoms with van der Waals surface area (Å²) in [5, 5.41) is 10.4. The number of guanidine groups is 1. The van der Waals surface area contributed by atoms with Gasteiger partial charge in [-0.2, -0.15) is 0 Å². The van der Waals surface area contributed by atoms with Crippen LogP contribution < -0.4 is 20.7 Å². The van der Waals surface area contributed by atoms with Gasteiger partial charge in [-0.15, -0.1) is 24.0 Å². The van der Waals surface area contributed by atoms with Crippen LogP contribution in [0.25, 0.3) is 0 Å². The molecule has 1 amide bonds. The van der Waals surface area contributed by atoms with Gasteiger partial charge in [0.15, 0.2) is 5.96 Å². The van der Waals surface area contributed by atoms with E-state index in [1.54, 1.807) is 7.05 Å². The van der Waals surface area contributed by atoms with Gasteiger partial charge in [-0.05, 0) is 52.2 Å². The van der Waals surface area contributed by atoms with Crippen molar-refractivity contribution in [1.82, 2.24) is 16.0 Å². The second-order valence-corrected chi connectivity index (χ2v) is 8.09. The van der Waals surface area contributed by atoms with E-state index in [2.05, 4.69) is 20.9 Å². The highest BCUT2D eigenvalue weighted by Crippen LogP contribution is 2.25. The Morgan fingerprint density at radius 1 is 1.28 bits per heavy atom. The Balaban J connectivity index is 0.00000420. The summed E-state index contributed by atoms with van der Waals surface area (Å²) < 4.78 is 5.89. The third-order valence-electron chi connectivity index (χ3n) is 4.76. The lowest BCUT2D eigenvalue weighted by Crippen LogP contribution is -2.49. The maximum absolute atomic E-state index is 12.3. The molecule has 3 N–H and O–H groups in total. The molecular weight excluding hydrogens is 503 g/mol. The molecule has 3 unspecified atom stereocenters. The molecule has 0 bridgehead atoms. The number of halogens is 2. The summed E-state index contributed by atoms with van der Waals surface area (Å²) in [5.74, 6) is 1.62. The third-order valence-corrected chi connectivity index (χ3v) is 5.07. The first kappa shape index (κ1) is 25.8. The SMILES string of the molecule is CN=C(NCC(C)Oc1ccccc1Cl)NC1CCCC(C(=O)NC(C)C)C1.I. The molecule has 0 radical (unpaired) electrons. The minimum Gasteiger partial charge on any atom is -0.487 e. The lowest BCUT2D eigenvalue weighted by atomic mass is 9.85. The van der Waals surface area contributed by atoms with E-state index in [9.17, 15) is 4.79 Å². The highest BCUT2D eigenvalue weighted by molar-refractivity contribution is 14.0. The van der Waals surface area contributed by atoms with E-state index in [0.717, 1.165) is 31.6 Å². The van der Waals surface area contributed by atoms with Crippen LogP contribution in [0.2, 0.25) is 5.02 Å². The van der Waals surface area contributed by atoms with Gasteiger partial charge in [-0.25, -0.2) is 0 Å². The zero-order valence-corrected chi connectivity index (χ0v) is 20.8. The molecule has 164 valence electrons. The molecule has 2 rings (SSSR count). The predicted octanol–water partition coefficient (Wildman–Crippen LogP) is 3.97. The number of aliphatic imine (C=N–C) groups is 1. The summed E-state index contributed by atoms with van der Waals surface area (Å²) in [7, 11) is 1.75. The molecule has 0 heterocycles. The minimum absolute atomic E-state index is 0. The molecule has 6 nitrogen and oxygen atoms in total. The van der Waals surface area contributed by atoms with Gasteiger partial charge in [0, 0.05) is 25.0 Å². The molecule has 1 saturated carbocycles. The molecule has 1 aliphatic rings.